The highest BCUT2D eigenvalue weighted by Crippen LogP contribution is 2.24. The van der Waals surface area contributed by atoms with Crippen LogP contribution in [0.3, 0.4) is 0 Å². The van der Waals surface area contributed by atoms with Crippen molar-refractivity contribution in [3.8, 4) is 0 Å². The molecule has 22 heavy (non-hydrogen) atoms. The summed E-state index contributed by atoms with van der Waals surface area (Å²) in [5.41, 5.74) is 0. The Balaban J connectivity index is 2.43. The van der Waals surface area contributed by atoms with Gasteiger partial charge in [0.15, 0.2) is 9.84 Å². The molecule has 0 unspecified atom stereocenters. The molecule has 0 bridgehead atoms. The van der Waals surface area contributed by atoms with Crippen molar-refractivity contribution < 1.29 is 21.3 Å². The van der Waals surface area contributed by atoms with Crippen LogP contribution in [0.1, 0.15) is 11.5 Å². The fourth-order valence-corrected chi connectivity index (χ4v) is 4.75. The van der Waals surface area contributed by atoms with E-state index in [4.69, 9.17) is 4.42 Å². The van der Waals surface area contributed by atoms with E-state index >= 15 is 0 Å². The molecule has 0 fully saturated rings. The molecule has 0 atom stereocenters. The lowest BCUT2D eigenvalue weighted by Gasteiger charge is -2.17. The van der Waals surface area contributed by atoms with E-state index in [2.05, 4.69) is 0 Å². The third-order valence-electron chi connectivity index (χ3n) is 3.11. The molecule has 0 aliphatic heterocycles. The predicted molar refractivity (Wildman–Crippen MR) is 81.6 cm³/mol. The molecule has 1 heterocycles. The van der Waals surface area contributed by atoms with Gasteiger partial charge < -0.3 is 4.42 Å². The van der Waals surface area contributed by atoms with Gasteiger partial charge in [-0.1, -0.05) is 12.1 Å². The second-order valence-corrected chi connectivity index (χ2v) is 8.99. The molecule has 2 aromatic rings. The van der Waals surface area contributed by atoms with Crippen molar-refractivity contribution in [3.63, 3.8) is 0 Å². The Morgan fingerprint density at radius 3 is 2.09 bits per heavy atom. The summed E-state index contributed by atoms with van der Waals surface area (Å²) in [6.45, 7) is 1.78. The SMILES string of the molecule is Cc1ccc(CN(C)S(=O)(=O)c2ccccc2S(C)(=O)=O)o1. The van der Waals surface area contributed by atoms with Crippen LogP contribution in [-0.2, 0) is 26.4 Å². The van der Waals surface area contributed by atoms with E-state index in [0.717, 1.165) is 10.6 Å². The number of furan rings is 1. The van der Waals surface area contributed by atoms with Crippen LogP contribution >= 0.6 is 0 Å². The Kier molecular flexibility index (Phi) is 4.46. The van der Waals surface area contributed by atoms with Gasteiger partial charge >= 0.3 is 0 Å². The van der Waals surface area contributed by atoms with Gasteiger partial charge in [-0.3, -0.25) is 0 Å². The lowest BCUT2D eigenvalue weighted by Crippen LogP contribution is -2.27. The molecule has 0 spiro atoms. The minimum atomic E-state index is -3.95. The molecule has 120 valence electrons. The molecule has 8 heteroatoms. The van der Waals surface area contributed by atoms with Crippen LogP contribution in [-0.4, -0.2) is 34.4 Å². The summed E-state index contributed by atoms with van der Waals surface area (Å²) < 4.78 is 55.3. The van der Waals surface area contributed by atoms with Crippen LogP contribution in [0, 0.1) is 6.92 Å². The largest absolute Gasteiger partial charge is 0.465 e. The van der Waals surface area contributed by atoms with E-state index in [1.807, 2.05) is 0 Å². The van der Waals surface area contributed by atoms with Gasteiger partial charge in [0, 0.05) is 13.3 Å². The molecule has 0 amide bonds. The summed E-state index contributed by atoms with van der Waals surface area (Å²) >= 11 is 0. The van der Waals surface area contributed by atoms with E-state index in [1.165, 1.54) is 31.3 Å². The molecule has 0 aliphatic carbocycles. The first-order chi connectivity index (χ1) is 10.1. The normalized spacial score (nSPS) is 12.7. The summed E-state index contributed by atoms with van der Waals surface area (Å²) in [5.74, 6) is 1.16. The topological polar surface area (TPSA) is 84.7 Å². The third kappa shape index (κ3) is 3.40. The number of hydrogen-bond donors (Lipinski definition) is 0. The number of aryl methyl sites for hydroxylation is 1. The lowest BCUT2D eigenvalue weighted by molar-refractivity contribution is 0.396. The molecule has 2 rings (SSSR count). The lowest BCUT2D eigenvalue weighted by atomic mass is 10.4. The maximum absolute atomic E-state index is 12.6. The summed E-state index contributed by atoms with van der Waals surface area (Å²) in [4.78, 5) is -0.444. The van der Waals surface area contributed by atoms with E-state index < -0.39 is 19.9 Å². The molecule has 0 radical (unpaired) electrons. The third-order valence-corrected chi connectivity index (χ3v) is 6.26. The second kappa shape index (κ2) is 5.86. The molecule has 0 N–H and O–H groups in total. The molecule has 0 aliphatic rings. The Labute approximate surface area is 130 Å². The Morgan fingerprint density at radius 2 is 1.59 bits per heavy atom. The zero-order valence-corrected chi connectivity index (χ0v) is 14.1. The number of sulfonamides is 1. The van der Waals surface area contributed by atoms with Crippen LogP contribution < -0.4 is 0 Å². The number of sulfone groups is 1. The first-order valence-electron chi connectivity index (χ1n) is 6.43. The van der Waals surface area contributed by atoms with Crippen molar-refractivity contribution >= 4 is 19.9 Å². The van der Waals surface area contributed by atoms with Crippen molar-refractivity contribution in [1.82, 2.24) is 4.31 Å². The second-order valence-electron chi connectivity index (χ2n) is 4.99. The van der Waals surface area contributed by atoms with E-state index in [-0.39, 0.29) is 16.3 Å². The fraction of sp³-hybridized carbons (Fsp3) is 0.286. The Bertz CT molecular complexity index is 881. The van der Waals surface area contributed by atoms with Crippen LogP contribution in [0.15, 0.2) is 50.6 Å². The van der Waals surface area contributed by atoms with Gasteiger partial charge in [0.05, 0.1) is 11.4 Å². The van der Waals surface area contributed by atoms with Crippen molar-refractivity contribution in [2.75, 3.05) is 13.3 Å². The van der Waals surface area contributed by atoms with E-state index in [0.29, 0.717) is 11.5 Å². The minimum absolute atomic E-state index is 0.0221. The zero-order chi connectivity index (χ0) is 16.5. The molecule has 1 aromatic heterocycles. The molecule has 0 saturated carbocycles. The highest BCUT2D eigenvalue weighted by Gasteiger charge is 2.27. The van der Waals surface area contributed by atoms with Gasteiger partial charge in [-0.2, -0.15) is 4.31 Å². The van der Waals surface area contributed by atoms with Crippen LogP contribution in [0.4, 0.5) is 0 Å². The van der Waals surface area contributed by atoms with Crippen molar-refractivity contribution in [1.29, 1.82) is 0 Å². The first-order valence-corrected chi connectivity index (χ1v) is 9.76. The van der Waals surface area contributed by atoms with Gasteiger partial charge in [-0.15, -0.1) is 0 Å². The summed E-state index contributed by atoms with van der Waals surface area (Å²) in [5, 5.41) is 0. The molecular weight excluding hydrogens is 326 g/mol. The number of hydrogen-bond acceptors (Lipinski definition) is 5. The summed E-state index contributed by atoms with van der Waals surface area (Å²) in [7, 11) is -6.21. The summed E-state index contributed by atoms with van der Waals surface area (Å²) in [6.07, 6.45) is 0.983. The molecule has 6 nitrogen and oxygen atoms in total. The average Bonchev–Trinajstić information content (AvgIpc) is 2.83. The maximum Gasteiger partial charge on any atom is 0.244 e. The first kappa shape index (κ1) is 16.7. The number of benzene rings is 1. The van der Waals surface area contributed by atoms with Gasteiger partial charge in [0.2, 0.25) is 10.0 Å². The number of nitrogens with zero attached hydrogens (tertiary/aromatic N) is 1. The highest BCUT2D eigenvalue weighted by molar-refractivity contribution is 7.93. The Hall–Kier alpha value is -1.64. The van der Waals surface area contributed by atoms with E-state index in [9.17, 15) is 16.8 Å². The van der Waals surface area contributed by atoms with Crippen LogP contribution in [0.25, 0.3) is 0 Å². The average molecular weight is 343 g/mol. The minimum Gasteiger partial charge on any atom is -0.465 e. The standard InChI is InChI=1S/C14H17NO5S2/c1-11-8-9-12(20-11)10-15(2)22(18,19)14-7-5-4-6-13(14)21(3,16)17/h4-9H,10H2,1-3H3. The van der Waals surface area contributed by atoms with Gasteiger partial charge in [-0.25, -0.2) is 16.8 Å². The highest BCUT2D eigenvalue weighted by atomic mass is 32.2. The van der Waals surface area contributed by atoms with Gasteiger partial charge in [-0.05, 0) is 31.2 Å². The summed E-state index contributed by atoms with van der Waals surface area (Å²) in [6, 6.07) is 8.98. The van der Waals surface area contributed by atoms with Crippen molar-refractivity contribution in [2.45, 2.75) is 23.3 Å². The zero-order valence-electron chi connectivity index (χ0n) is 12.5. The Morgan fingerprint density at radius 1 is 1.00 bits per heavy atom. The van der Waals surface area contributed by atoms with Crippen LogP contribution in [0.5, 0.6) is 0 Å². The predicted octanol–water partition coefficient (Wildman–Crippen LogP) is 1.81. The monoisotopic (exact) mass is 343 g/mol. The fourth-order valence-electron chi connectivity index (χ4n) is 2.01. The molecule has 0 saturated heterocycles. The smallest absolute Gasteiger partial charge is 0.244 e. The van der Waals surface area contributed by atoms with Crippen molar-refractivity contribution in [2.24, 2.45) is 0 Å². The van der Waals surface area contributed by atoms with Crippen molar-refractivity contribution in [3.05, 3.63) is 47.9 Å². The quantitative estimate of drug-likeness (QED) is 0.826. The van der Waals surface area contributed by atoms with Crippen LogP contribution in [0.2, 0.25) is 0 Å². The molecule has 1 aromatic carbocycles. The maximum atomic E-state index is 12.6. The van der Waals surface area contributed by atoms with Gasteiger partial charge in [0.25, 0.3) is 0 Å². The molecular formula is C14H17NO5S2. The van der Waals surface area contributed by atoms with Gasteiger partial charge in [0.1, 0.15) is 16.4 Å². The number of rotatable bonds is 5. The van der Waals surface area contributed by atoms with E-state index in [1.54, 1.807) is 19.1 Å².